The molecule has 1 N–H and O–H groups in total. The van der Waals surface area contributed by atoms with E-state index < -0.39 is 0 Å². The second-order valence-corrected chi connectivity index (χ2v) is 6.36. The summed E-state index contributed by atoms with van der Waals surface area (Å²) in [5.74, 6) is 0.909. The first-order valence-corrected chi connectivity index (χ1v) is 7.77. The SMILES string of the molecule is CC(O)Cc1ccc2c(c1)N(CC1CCCC1)CC2. The molecule has 1 aromatic rings. The van der Waals surface area contributed by atoms with Crippen LogP contribution in [0.1, 0.15) is 43.7 Å². The maximum Gasteiger partial charge on any atom is 0.0552 e. The van der Waals surface area contributed by atoms with E-state index in [0.717, 1.165) is 12.3 Å². The lowest BCUT2D eigenvalue weighted by molar-refractivity contribution is 0.195. The predicted molar refractivity (Wildman–Crippen MR) is 79.7 cm³/mol. The highest BCUT2D eigenvalue weighted by atomic mass is 16.3. The monoisotopic (exact) mass is 259 g/mol. The van der Waals surface area contributed by atoms with Gasteiger partial charge in [0.05, 0.1) is 6.10 Å². The molecule has 0 spiro atoms. The van der Waals surface area contributed by atoms with Crippen LogP contribution in [0.4, 0.5) is 5.69 Å². The number of benzene rings is 1. The Morgan fingerprint density at radius 3 is 2.84 bits per heavy atom. The van der Waals surface area contributed by atoms with Crippen molar-refractivity contribution in [2.24, 2.45) is 5.92 Å². The van der Waals surface area contributed by atoms with Gasteiger partial charge in [0.1, 0.15) is 0 Å². The van der Waals surface area contributed by atoms with E-state index in [0.29, 0.717) is 0 Å². The fourth-order valence-corrected chi connectivity index (χ4v) is 3.65. The number of aliphatic hydroxyl groups is 1. The van der Waals surface area contributed by atoms with Gasteiger partial charge >= 0.3 is 0 Å². The minimum atomic E-state index is -0.247. The van der Waals surface area contributed by atoms with Crippen molar-refractivity contribution in [1.82, 2.24) is 0 Å². The van der Waals surface area contributed by atoms with Crippen molar-refractivity contribution in [2.45, 2.75) is 51.6 Å². The average molecular weight is 259 g/mol. The van der Waals surface area contributed by atoms with Crippen LogP contribution in [0.15, 0.2) is 18.2 Å². The molecule has 3 rings (SSSR count). The second-order valence-electron chi connectivity index (χ2n) is 6.36. The maximum absolute atomic E-state index is 9.54. The minimum Gasteiger partial charge on any atom is -0.393 e. The first-order chi connectivity index (χ1) is 9.22. The van der Waals surface area contributed by atoms with Gasteiger partial charge in [0.15, 0.2) is 0 Å². The summed E-state index contributed by atoms with van der Waals surface area (Å²) in [5, 5.41) is 9.54. The third kappa shape index (κ3) is 2.94. The zero-order chi connectivity index (χ0) is 13.2. The Kier molecular flexibility index (Phi) is 3.79. The maximum atomic E-state index is 9.54. The molecule has 2 aliphatic rings. The molecule has 0 radical (unpaired) electrons. The van der Waals surface area contributed by atoms with E-state index in [1.54, 1.807) is 0 Å². The molecule has 1 atom stereocenters. The zero-order valence-electron chi connectivity index (χ0n) is 11.9. The zero-order valence-corrected chi connectivity index (χ0v) is 11.9. The van der Waals surface area contributed by atoms with Crippen LogP contribution in [0.2, 0.25) is 0 Å². The van der Waals surface area contributed by atoms with E-state index in [1.165, 1.54) is 62.0 Å². The quantitative estimate of drug-likeness (QED) is 0.898. The van der Waals surface area contributed by atoms with Gasteiger partial charge in [0.2, 0.25) is 0 Å². The number of anilines is 1. The van der Waals surface area contributed by atoms with Gasteiger partial charge in [0, 0.05) is 18.8 Å². The van der Waals surface area contributed by atoms with Crippen molar-refractivity contribution >= 4 is 5.69 Å². The van der Waals surface area contributed by atoms with Crippen molar-refractivity contribution in [2.75, 3.05) is 18.0 Å². The van der Waals surface area contributed by atoms with Crippen LogP contribution in [-0.2, 0) is 12.8 Å². The molecule has 1 aliphatic carbocycles. The minimum absolute atomic E-state index is 0.247. The number of nitrogens with zero attached hydrogens (tertiary/aromatic N) is 1. The summed E-state index contributed by atoms with van der Waals surface area (Å²) >= 11 is 0. The molecule has 1 saturated carbocycles. The number of hydrogen-bond donors (Lipinski definition) is 1. The van der Waals surface area contributed by atoms with Gasteiger partial charge in [-0.15, -0.1) is 0 Å². The Bertz CT molecular complexity index is 435. The molecular formula is C17H25NO. The van der Waals surface area contributed by atoms with Crippen molar-refractivity contribution in [3.63, 3.8) is 0 Å². The van der Waals surface area contributed by atoms with Gasteiger partial charge in [-0.3, -0.25) is 0 Å². The Hall–Kier alpha value is -1.02. The molecule has 1 aliphatic heterocycles. The van der Waals surface area contributed by atoms with E-state index in [-0.39, 0.29) is 6.10 Å². The van der Waals surface area contributed by atoms with Crippen LogP contribution < -0.4 is 4.90 Å². The Labute approximate surface area is 116 Å². The smallest absolute Gasteiger partial charge is 0.0552 e. The highest BCUT2D eigenvalue weighted by molar-refractivity contribution is 5.59. The van der Waals surface area contributed by atoms with Gasteiger partial charge in [-0.1, -0.05) is 25.0 Å². The van der Waals surface area contributed by atoms with Crippen LogP contribution in [0, 0.1) is 5.92 Å². The Morgan fingerprint density at radius 2 is 2.11 bits per heavy atom. The number of aliphatic hydroxyl groups excluding tert-OH is 1. The molecule has 0 aromatic heterocycles. The number of fused-ring (bicyclic) bond motifs is 1. The molecule has 1 unspecified atom stereocenters. The van der Waals surface area contributed by atoms with Crippen LogP contribution in [0.25, 0.3) is 0 Å². The molecule has 0 saturated heterocycles. The summed E-state index contributed by atoms with van der Waals surface area (Å²) in [6.07, 6.45) is 7.39. The molecule has 1 fully saturated rings. The summed E-state index contributed by atoms with van der Waals surface area (Å²) in [6, 6.07) is 6.76. The van der Waals surface area contributed by atoms with Crippen molar-refractivity contribution in [1.29, 1.82) is 0 Å². The Morgan fingerprint density at radius 1 is 1.32 bits per heavy atom. The van der Waals surface area contributed by atoms with E-state index in [9.17, 15) is 5.11 Å². The summed E-state index contributed by atoms with van der Waals surface area (Å²) in [6.45, 7) is 4.29. The number of hydrogen-bond acceptors (Lipinski definition) is 2. The largest absolute Gasteiger partial charge is 0.393 e. The Balaban J connectivity index is 1.73. The second kappa shape index (κ2) is 5.54. The van der Waals surface area contributed by atoms with Crippen molar-refractivity contribution in [3.8, 4) is 0 Å². The molecule has 0 amide bonds. The predicted octanol–water partition coefficient (Wildman–Crippen LogP) is 3.16. The van der Waals surface area contributed by atoms with E-state index in [1.807, 2.05) is 6.92 Å². The van der Waals surface area contributed by atoms with E-state index in [4.69, 9.17) is 0 Å². The lowest BCUT2D eigenvalue weighted by atomic mass is 10.0. The van der Waals surface area contributed by atoms with E-state index in [2.05, 4.69) is 23.1 Å². The molecule has 1 heterocycles. The summed E-state index contributed by atoms with van der Waals surface area (Å²) in [5.41, 5.74) is 4.20. The van der Waals surface area contributed by atoms with Gasteiger partial charge < -0.3 is 10.0 Å². The lowest BCUT2D eigenvalue weighted by Crippen LogP contribution is -2.26. The first-order valence-electron chi connectivity index (χ1n) is 7.77. The van der Waals surface area contributed by atoms with Gasteiger partial charge in [-0.25, -0.2) is 0 Å². The normalized spacial score (nSPS) is 20.8. The number of rotatable bonds is 4. The standard InChI is InChI=1S/C17H25NO/c1-13(19)10-15-6-7-16-8-9-18(17(16)11-15)12-14-4-2-3-5-14/h6-7,11,13-14,19H,2-5,8-10,12H2,1H3. The highest BCUT2D eigenvalue weighted by Gasteiger charge is 2.24. The molecule has 19 heavy (non-hydrogen) atoms. The van der Waals surface area contributed by atoms with Crippen molar-refractivity contribution in [3.05, 3.63) is 29.3 Å². The molecule has 104 valence electrons. The summed E-state index contributed by atoms with van der Waals surface area (Å²) < 4.78 is 0. The fourth-order valence-electron chi connectivity index (χ4n) is 3.65. The third-order valence-corrected chi connectivity index (χ3v) is 4.63. The van der Waals surface area contributed by atoms with Crippen LogP contribution in [0.5, 0.6) is 0 Å². The molecule has 1 aromatic carbocycles. The highest BCUT2D eigenvalue weighted by Crippen LogP contribution is 2.33. The topological polar surface area (TPSA) is 23.5 Å². The molecular weight excluding hydrogens is 234 g/mol. The van der Waals surface area contributed by atoms with Gasteiger partial charge in [-0.2, -0.15) is 0 Å². The van der Waals surface area contributed by atoms with Crippen LogP contribution in [-0.4, -0.2) is 24.3 Å². The summed E-state index contributed by atoms with van der Waals surface area (Å²) in [4.78, 5) is 2.58. The third-order valence-electron chi connectivity index (χ3n) is 4.63. The van der Waals surface area contributed by atoms with Crippen LogP contribution >= 0.6 is 0 Å². The van der Waals surface area contributed by atoms with Gasteiger partial charge in [-0.05, 0) is 55.7 Å². The van der Waals surface area contributed by atoms with Crippen LogP contribution in [0.3, 0.4) is 0 Å². The van der Waals surface area contributed by atoms with Gasteiger partial charge in [0.25, 0.3) is 0 Å². The first kappa shape index (κ1) is 13.0. The average Bonchev–Trinajstić information content (AvgIpc) is 3.00. The summed E-state index contributed by atoms with van der Waals surface area (Å²) in [7, 11) is 0. The van der Waals surface area contributed by atoms with E-state index >= 15 is 0 Å². The fraction of sp³-hybridized carbons (Fsp3) is 0.647. The molecule has 2 nitrogen and oxygen atoms in total. The van der Waals surface area contributed by atoms with Crippen molar-refractivity contribution < 1.29 is 5.11 Å². The molecule has 2 heteroatoms. The lowest BCUT2D eigenvalue weighted by Gasteiger charge is -2.23. The molecule has 0 bridgehead atoms.